The highest BCUT2D eigenvalue weighted by Gasteiger charge is 2.14. The molecule has 0 fully saturated rings. The number of hydrogen-bond donors (Lipinski definition) is 3. The van der Waals surface area contributed by atoms with Crippen LogP contribution in [0.2, 0.25) is 0 Å². The second-order valence-corrected chi connectivity index (χ2v) is 4.39. The SMILES string of the molecule is Nc1cc(C(=O)O)ccc1NC(=O)c1ccoc1Br. The number of amides is 1. The molecule has 0 aliphatic heterocycles. The van der Waals surface area contributed by atoms with Gasteiger partial charge in [0.25, 0.3) is 5.91 Å². The number of nitrogens with two attached hydrogens (primary N) is 1. The molecule has 1 heterocycles. The van der Waals surface area contributed by atoms with Crippen molar-refractivity contribution in [3.63, 3.8) is 0 Å². The Morgan fingerprint density at radius 3 is 2.58 bits per heavy atom. The molecule has 0 saturated carbocycles. The molecule has 1 aromatic heterocycles. The summed E-state index contributed by atoms with van der Waals surface area (Å²) in [5.41, 5.74) is 6.57. The number of halogens is 1. The van der Waals surface area contributed by atoms with E-state index in [0.29, 0.717) is 15.9 Å². The van der Waals surface area contributed by atoms with Crippen LogP contribution >= 0.6 is 15.9 Å². The summed E-state index contributed by atoms with van der Waals surface area (Å²) in [6, 6.07) is 5.58. The lowest BCUT2D eigenvalue weighted by Crippen LogP contribution is -2.13. The minimum atomic E-state index is -1.08. The number of anilines is 2. The second kappa shape index (κ2) is 5.15. The van der Waals surface area contributed by atoms with Crippen molar-refractivity contribution in [1.29, 1.82) is 0 Å². The molecule has 0 spiro atoms. The molecule has 2 rings (SSSR count). The first-order valence-electron chi connectivity index (χ1n) is 5.16. The lowest BCUT2D eigenvalue weighted by atomic mass is 10.1. The minimum absolute atomic E-state index is 0.0555. The van der Waals surface area contributed by atoms with Crippen LogP contribution in [0.25, 0.3) is 0 Å². The van der Waals surface area contributed by atoms with E-state index in [-0.39, 0.29) is 11.3 Å². The molecular formula is C12H9BrN2O4. The van der Waals surface area contributed by atoms with Crippen molar-refractivity contribution in [2.24, 2.45) is 0 Å². The van der Waals surface area contributed by atoms with Gasteiger partial charge < -0.3 is 20.6 Å². The van der Waals surface area contributed by atoms with Gasteiger partial charge in [-0.1, -0.05) is 0 Å². The summed E-state index contributed by atoms with van der Waals surface area (Å²) < 4.78 is 5.26. The number of carboxylic acid groups (broad SMARTS) is 1. The smallest absolute Gasteiger partial charge is 0.335 e. The zero-order valence-electron chi connectivity index (χ0n) is 9.51. The quantitative estimate of drug-likeness (QED) is 0.752. The van der Waals surface area contributed by atoms with Crippen LogP contribution in [0.1, 0.15) is 20.7 Å². The summed E-state index contributed by atoms with van der Waals surface area (Å²) in [5, 5.41) is 11.4. The van der Waals surface area contributed by atoms with Crippen molar-refractivity contribution in [1.82, 2.24) is 0 Å². The summed E-state index contributed by atoms with van der Waals surface area (Å²) in [6.07, 6.45) is 1.37. The molecule has 98 valence electrons. The van der Waals surface area contributed by atoms with Crippen molar-refractivity contribution < 1.29 is 19.1 Å². The third kappa shape index (κ3) is 2.76. The van der Waals surface area contributed by atoms with E-state index in [4.69, 9.17) is 15.3 Å². The first-order chi connectivity index (χ1) is 8.99. The standard InChI is InChI=1S/C12H9BrN2O4/c13-10-7(3-4-19-10)11(16)15-9-2-1-6(12(17)18)5-8(9)14/h1-5H,14H2,(H,15,16)(H,17,18). The Morgan fingerprint density at radius 1 is 1.32 bits per heavy atom. The highest BCUT2D eigenvalue weighted by molar-refractivity contribution is 9.10. The third-order valence-corrected chi connectivity index (χ3v) is 3.02. The predicted octanol–water partition coefficient (Wildman–Crippen LogP) is 2.57. The zero-order valence-corrected chi connectivity index (χ0v) is 11.1. The number of carboxylic acids is 1. The van der Waals surface area contributed by atoms with E-state index in [1.54, 1.807) is 0 Å². The Kier molecular flexibility index (Phi) is 3.57. The van der Waals surface area contributed by atoms with Crippen LogP contribution in [-0.4, -0.2) is 17.0 Å². The van der Waals surface area contributed by atoms with E-state index < -0.39 is 11.9 Å². The summed E-state index contributed by atoms with van der Waals surface area (Å²) in [7, 11) is 0. The molecule has 0 atom stereocenters. The Morgan fingerprint density at radius 2 is 2.05 bits per heavy atom. The van der Waals surface area contributed by atoms with Crippen LogP contribution in [0.3, 0.4) is 0 Å². The number of rotatable bonds is 3. The zero-order chi connectivity index (χ0) is 14.0. The van der Waals surface area contributed by atoms with Crippen molar-refractivity contribution >= 4 is 39.2 Å². The summed E-state index contributed by atoms with van der Waals surface area (Å²) in [5.74, 6) is -1.49. The number of nitrogen functional groups attached to an aromatic ring is 1. The molecule has 0 radical (unpaired) electrons. The number of furan rings is 1. The molecule has 0 aliphatic carbocycles. The highest BCUT2D eigenvalue weighted by atomic mass is 79.9. The summed E-state index contributed by atoms with van der Waals surface area (Å²) in [6.45, 7) is 0. The molecule has 6 nitrogen and oxygen atoms in total. The van der Waals surface area contributed by atoms with Crippen LogP contribution in [0.15, 0.2) is 39.6 Å². The first kappa shape index (κ1) is 13.2. The Balaban J connectivity index is 2.23. The van der Waals surface area contributed by atoms with Crippen LogP contribution in [0.5, 0.6) is 0 Å². The number of carbonyl (C=O) groups excluding carboxylic acids is 1. The number of nitrogens with one attached hydrogen (secondary N) is 1. The average Bonchev–Trinajstić information content (AvgIpc) is 2.77. The molecule has 1 aromatic carbocycles. The van der Waals surface area contributed by atoms with Crippen LogP contribution in [0.4, 0.5) is 11.4 Å². The molecule has 7 heteroatoms. The molecule has 0 bridgehead atoms. The van der Waals surface area contributed by atoms with Gasteiger partial charge in [0.15, 0.2) is 4.67 Å². The number of carbonyl (C=O) groups is 2. The largest absolute Gasteiger partial charge is 0.478 e. The van der Waals surface area contributed by atoms with Gasteiger partial charge in [-0.2, -0.15) is 0 Å². The molecule has 19 heavy (non-hydrogen) atoms. The molecular weight excluding hydrogens is 316 g/mol. The molecule has 0 unspecified atom stereocenters. The van der Waals surface area contributed by atoms with E-state index in [1.165, 1.54) is 30.5 Å². The van der Waals surface area contributed by atoms with Crippen molar-refractivity contribution in [3.8, 4) is 0 Å². The first-order valence-corrected chi connectivity index (χ1v) is 5.95. The van der Waals surface area contributed by atoms with E-state index in [2.05, 4.69) is 21.2 Å². The predicted molar refractivity (Wildman–Crippen MR) is 72.2 cm³/mol. The van der Waals surface area contributed by atoms with Gasteiger partial charge in [-0.05, 0) is 40.2 Å². The summed E-state index contributed by atoms with van der Waals surface area (Å²) >= 11 is 3.09. The maximum atomic E-state index is 11.9. The van der Waals surface area contributed by atoms with Gasteiger partial charge in [0.1, 0.15) is 0 Å². The molecule has 0 saturated heterocycles. The molecule has 4 N–H and O–H groups in total. The van der Waals surface area contributed by atoms with Gasteiger partial charge in [0.2, 0.25) is 0 Å². The van der Waals surface area contributed by atoms with E-state index >= 15 is 0 Å². The maximum absolute atomic E-state index is 11.9. The Hall–Kier alpha value is -2.28. The average molecular weight is 325 g/mol. The second-order valence-electron chi connectivity index (χ2n) is 3.67. The lowest BCUT2D eigenvalue weighted by Gasteiger charge is -2.08. The molecule has 0 aliphatic rings. The van der Waals surface area contributed by atoms with Gasteiger partial charge in [0, 0.05) is 0 Å². The normalized spacial score (nSPS) is 10.2. The van der Waals surface area contributed by atoms with Gasteiger partial charge in [-0.15, -0.1) is 0 Å². The fourth-order valence-corrected chi connectivity index (χ4v) is 1.88. The number of benzene rings is 1. The van der Waals surface area contributed by atoms with Crippen LogP contribution in [0, 0.1) is 0 Å². The van der Waals surface area contributed by atoms with Crippen LogP contribution < -0.4 is 11.1 Å². The Bertz CT molecular complexity index is 651. The van der Waals surface area contributed by atoms with Crippen LogP contribution in [-0.2, 0) is 0 Å². The minimum Gasteiger partial charge on any atom is -0.478 e. The summed E-state index contributed by atoms with van der Waals surface area (Å²) in [4.78, 5) is 22.7. The third-order valence-electron chi connectivity index (χ3n) is 2.41. The Labute approximate surface area is 116 Å². The highest BCUT2D eigenvalue weighted by Crippen LogP contribution is 2.23. The number of hydrogen-bond acceptors (Lipinski definition) is 4. The van der Waals surface area contributed by atoms with E-state index in [9.17, 15) is 9.59 Å². The van der Waals surface area contributed by atoms with Crippen molar-refractivity contribution in [3.05, 3.63) is 46.3 Å². The van der Waals surface area contributed by atoms with Gasteiger partial charge in [-0.25, -0.2) is 4.79 Å². The number of aromatic carboxylic acids is 1. The van der Waals surface area contributed by atoms with Gasteiger partial charge >= 0.3 is 5.97 Å². The van der Waals surface area contributed by atoms with Crippen molar-refractivity contribution in [2.75, 3.05) is 11.1 Å². The monoisotopic (exact) mass is 324 g/mol. The maximum Gasteiger partial charge on any atom is 0.335 e. The van der Waals surface area contributed by atoms with E-state index in [1.807, 2.05) is 0 Å². The fraction of sp³-hybridized carbons (Fsp3) is 0. The van der Waals surface area contributed by atoms with Crippen molar-refractivity contribution in [2.45, 2.75) is 0 Å². The fourth-order valence-electron chi connectivity index (χ4n) is 1.45. The molecule has 1 amide bonds. The van der Waals surface area contributed by atoms with Gasteiger partial charge in [-0.3, -0.25) is 4.79 Å². The molecule has 2 aromatic rings. The van der Waals surface area contributed by atoms with Gasteiger partial charge in [0.05, 0.1) is 28.8 Å². The topological polar surface area (TPSA) is 106 Å². The van der Waals surface area contributed by atoms with E-state index in [0.717, 1.165) is 0 Å². The lowest BCUT2D eigenvalue weighted by molar-refractivity contribution is 0.0697.